The second kappa shape index (κ2) is 5.16. The van der Waals surface area contributed by atoms with E-state index in [1.54, 1.807) is 0 Å². The third-order valence-electron chi connectivity index (χ3n) is 2.92. The van der Waals surface area contributed by atoms with Crippen LogP contribution in [0.25, 0.3) is 0 Å². The molecule has 78 valence electrons. The SMILES string of the molecule is CCCCCC1CCC[Si](C)(C)O1. The lowest BCUT2D eigenvalue weighted by atomic mass is 10.1. The van der Waals surface area contributed by atoms with E-state index in [0.29, 0.717) is 6.10 Å². The third-order valence-corrected chi connectivity index (χ3v) is 5.45. The van der Waals surface area contributed by atoms with Gasteiger partial charge in [0.2, 0.25) is 0 Å². The molecule has 0 radical (unpaired) electrons. The van der Waals surface area contributed by atoms with E-state index in [4.69, 9.17) is 4.43 Å². The van der Waals surface area contributed by atoms with Gasteiger partial charge >= 0.3 is 0 Å². The van der Waals surface area contributed by atoms with Crippen molar-refractivity contribution in [1.82, 2.24) is 0 Å². The first-order chi connectivity index (χ1) is 6.14. The van der Waals surface area contributed by atoms with E-state index in [1.165, 1.54) is 44.6 Å². The number of rotatable bonds is 4. The van der Waals surface area contributed by atoms with E-state index in [1.807, 2.05) is 0 Å². The molecule has 0 aromatic rings. The fourth-order valence-electron chi connectivity index (χ4n) is 2.15. The lowest BCUT2D eigenvalue weighted by Gasteiger charge is -2.34. The Morgan fingerprint density at radius 1 is 1.31 bits per heavy atom. The van der Waals surface area contributed by atoms with Crippen molar-refractivity contribution in [3.05, 3.63) is 0 Å². The Kier molecular flexibility index (Phi) is 4.46. The van der Waals surface area contributed by atoms with E-state index in [-0.39, 0.29) is 0 Å². The molecular formula is C11H24OSi. The lowest BCUT2D eigenvalue weighted by Crippen LogP contribution is -2.39. The quantitative estimate of drug-likeness (QED) is 0.493. The van der Waals surface area contributed by atoms with Gasteiger partial charge in [-0.15, -0.1) is 0 Å². The molecular weight excluding hydrogens is 176 g/mol. The predicted octanol–water partition coefficient (Wildman–Crippen LogP) is 3.95. The van der Waals surface area contributed by atoms with Gasteiger partial charge in [-0.05, 0) is 32.0 Å². The molecule has 0 saturated carbocycles. The normalized spacial score (nSPS) is 27.5. The summed E-state index contributed by atoms with van der Waals surface area (Å²) in [4.78, 5) is 0. The Morgan fingerprint density at radius 2 is 2.08 bits per heavy atom. The smallest absolute Gasteiger partial charge is 0.187 e. The number of unbranched alkanes of at least 4 members (excludes halogenated alkanes) is 2. The van der Waals surface area contributed by atoms with E-state index < -0.39 is 8.32 Å². The molecule has 1 aliphatic heterocycles. The van der Waals surface area contributed by atoms with Gasteiger partial charge in [-0.1, -0.05) is 32.6 Å². The average molecular weight is 200 g/mol. The van der Waals surface area contributed by atoms with Crippen LogP contribution in [0.3, 0.4) is 0 Å². The molecule has 13 heavy (non-hydrogen) atoms. The minimum absolute atomic E-state index is 0.613. The summed E-state index contributed by atoms with van der Waals surface area (Å²) >= 11 is 0. The minimum atomic E-state index is -1.21. The van der Waals surface area contributed by atoms with Crippen LogP contribution in [-0.2, 0) is 4.43 Å². The maximum absolute atomic E-state index is 6.16. The summed E-state index contributed by atoms with van der Waals surface area (Å²) in [6, 6.07) is 1.37. The fraction of sp³-hybridized carbons (Fsp3) is 1.00. The molecule has 1 nitrogen and oxygen atoms in total. The van der Waals surface area contributed by atoms with Crippen LogP contribution < -0.4 is 0 Å². The van der Waals surface area contributed by atoms with Gasteiger partial charge in [0.15, 0.2) is 8.32 Å². The Morgan fingerprint density at radius 3 is 2.69 bits per heavy atom. The Bertz CT molecular complexity index is 145. The Balaban J connectivity index is 2.19. The second-order valence-corrected chi connectivity index (χ2v) is 9.14. The van der Waals surface area contributed by atoms with Crippen molar-refractivity contribution < 1.29 is 4.43 Å². The monoisotopic (exact) mass is 200 g/mol. The predicted molar refractivity (Wildman–Crippen MR) is 60.5 cm³/mol. The van der Waals surface area contributed by atoms with E-state index >= 15 is 0 Å². The van der Waals surface area contributed by atoms with Crippen LogP contribution in [0.1, 0.15) is 45.4 Å². The summed E-state index contributed by atoms with van der Waals surface area (Å²) < 4.78 is 6.16. The first-order valence-corrected chi connectivity index (χ1v) is 8.93. The highest BCUT2D eigenvalue weighted by Gasteiger charge is 2.30. The van der Waals surface area contributed by atoms with Gasteiger partial charge in [-0.2, -0.15) is 0 Å². The molecule has 1 fully saturated rings. The third kappa shape index (κ3) is 4.27. The number of hydrogen-bond donors (Lipinski definition) is 0. The highest BCUT2D eigenvalue weighted by Crippen LogP contribution is 2.28. The maximum Gasteiger partial charge on any atom is 0.187 e. The van der Waals surface area contributed by atoms with Crippen LogP contribution in [0.4, 0.5) is 0 Å². The average Bonchev–Trinajstić information content (AvgIpc) is 2.03. The molecule has 2 heteroatoms. The van der Waals surface area contributed by atoms with Gasteiger partial charge in [-0.3, -0.25) is 0 Å². The van der Waals surface area contributed by atoms with Gasteiger partial charge < -0.3 is 4.43 Å². The van der Waals surface area contributed by atoms with Gasteiger partial charge in [0, 0.05) is 6.10 Å². The summed E-state index contributed by atoms with van der Waals surface area (Å²) in [6.07, 6.45) is 8.73. The first-order valence-electron chi connectivity index (χ1n) is 5.82. The molecule has 1 saturated heterocycles. The standard InChI is InChI=1S/C11H24OSi/c1-4-5-6-8-11-9-7-10-13(2,3)12-11/h11H,4-10H2,1-3H3. The summed E-state index contributed by atoms with van der Waals surface area (Å²) in [5.41, 5.74) is 0. The van der Waals surface area contributed by atoms with Crippen molar-refractivity contribution in [2.24, 2.45) is 0 Å². The van der Waals surface area contributed by atoms with Crippen LogP contribution in [0, 0.1) is 0 Å². The molecule has 0 amide bonds. The van der Waals surface area contributed by atoms with Crippen LogP contribution in [0.15, 0.2) is 0 Å². The zero-order valence-electron chi connectivity index (χ0n) is 9.44. The molecule has 1 heterocycles. The molecule has 0 aromatic carbocycles. The van der Waals surface area contributed by atoms with E-state index in [0.717, 1.165) is 0 Å². The van der Waals surface area contributed by atoms with E-state index in [2.05, 4.69) is 20.0 Å². The highest BCUT2D eigenvalue weighted by atomic mass is 28.4. The van der Waals surface area contributed by atoms with Crippen molar-refractivity contribution in [2.45, 2.75) is 70.7 Å². The van der Waals surface area contributed by atoms with Crippen LogP contribution in [0.5, 0.6) is 0 Å². The molecule has 0 bridgehead atoms. The Labute approximate surface area is 84.0 Å². The van der Waals surface area contributed by atoms with Gasteiger partial charge in [-0.25, -0.2) is 0 Å². The molecule has 1 rings (SSSR count). The highest BCUT2D eigenvalue weighted by molar-refractivity contribution is 6.71. The van der Waals surface area contributed by atoms with Crippen molar-refractivity contribution in [1.29, 1.82) is 0 Å². The van der Waals surface area contributed by atoms with Crippen molar-refractivity contribution in [3.63, 3.8) is 0 Å². The zero-order valence-corrected chi connectivity index (χ0v) is 10.4. The van der Waals surface area contributed by atoms with Crippen molar-refractivity contribution in [2.75, 3.05) is 0 Å². The molecule has 0 aromatic heterocycles. The molecule has 1 atom stereocenters. The summed E-state index contributed by atoms with van der Waals surface area (Å²) in [7, 11) is -1.21. The molecule has 0 aliphatic carbocycles. The zero-order chi connectivity index (χ0) is 9.73. The van der Waals surface area contributed by atoms with Gasteiger partial charge in [0.25, 0.3) is 0 Å². The molecule has 1 unspecified atom stereocenters. The topological polar surface area (TPSA) is 9.23 Å². The van der Waals surface area contributed by atoms with Gasteiger partial charge in [0.05, 0.1) is 0 Å². The molecule has 0 N–H and O–H groups in total. The van der Waals surface area contributed by atoms with E-state index in [9.17, 15) is 0 Å². The lowest BCUT2D eigenvalue weighted by molar-refractivity contribution is 0.148. The first kappa shape index (κ1) is 11.3. The summed E-state index contributed by atoms with van der Waals surface area (Å²) in [5.74, 6) is 0. The fourth-order valence-corrected chi connectivity index (χ4v) is 4.46. The largest absolute Gasteiger partial charge is 0.414 e. The second-order valence-electron chi connectivity index (χ2n) is 4.89. The minimum Gasteiger partial charge on any atom is -0.414 e. The Hall–Kier alpha value is 0.177. The van der Waals surface area contributed by atoms with Crippen molar-refractivity contribution in [3.8, 4) is 0 Å². The molecule has 1 aliphatic rings. The van der Waals surface area contributed by atoms with Gasteiger partial charge in [0.1, 0.15) is 0 Å². The van der Waals surface area contributed by atoms with Crippen molar-refractivity contribution >= 4 is 8.32 Å². The summed E-state index contributed by atoms with van der Waals surface area (Å²) in [5, 5.41) is 0. The molecule has 0 spiro atoms. The van der Waals surface area contributed by atoms with Crippen LogP contribution in [0.2, 0.25) is 19.1 Å². The van der Waals surface area contributed by atoms with Crippen LogP contribution >= 0.6 is 0 Å². The van der Waals surface area contributed by atoms with Crippen LogP contribution in [-0.4, -0.2) is 14.4 Å². The number of hydrogen-bond acceptors (Lipinski definition) is 1. The maximum atomic E-state index is 6.16. The summed E-state index contributed by atoms with van der Waals surface area (Å²) in [6.45, 7) is 6.98.